The zero-order chi connectivity index (χ0) is 23.1. The van der Waals surface area contributed by atoms with Gasteiger partial charge in [0.15, 0.2) is 0 Å². The fourth-order valence-electron chi connectivity index (χ4n) is 3.81. The van der Waals surface area contributed by atoms with Crippen molar-refractivity contribution in [2.45, 2.75) is 38.9 Å². The molecule has 0 saturated carbocycles. The monoisotopic (exact) mass is 457 g/mol. The second-order valence-electron chi connectivity index (χ2n) is 8.15. The molecule has 1 aliphatic heterocycles. The van der Waals surface area contributed by atoms with Crippen molar-refractivity contribution in [2.24, 2.45) is 5.92 Å². The van der Waals surface area contributed by atoms with Crippen molar-refractivity contribution in [1.29, 1.82) is 0 Å². The molecule has 1 heterocycles. The summed E-state index contributed by atoms with van der Waals surface area (Å²) in [7, 11) is -3.45. The van der Waals surface area contributed by atoms with Crippen molar-refractivity contribution in [3.63, 3.8) is 0 Å². The summed E-state index contributed by atoms with van der Waals surface area (Å²) in [6.07, 6.45) is 1.72. The van der Waals surface area contributed by atoms with Gasteiger partial charge < -0.3 is 10.6 Å². The molecule has 1 saturated heterocycles. The Kier molecular flexibility index (Phi) is 8.04. The van der Waals surface area contributed by atoms with Gasteiger partial charge in [0, 0.05) is 25.6 Å². The van der Waals surface area contributed by atoms with Crippen LogP contribution in [0.2, 0.25) is 0 Å². The number of nitrogens with zero attached hydrogens (tertiary/aromatic N) is 1. The van der Waals surface area contributed by atoms with Gasteiger partial charge in [0.05, 0.1) is 17.0 Å². The SMILES string of the molecule is CCCNC(=O)c1ccccc1NC(=O)C1CCN(S(=O)(=O)Cc2ccccc2C)CC1. The predicted molar refractivity (Wildman–Crippen MR) is 126 cm³/mol. The van der Waals surface area contributed by atoms with E-state index in [1.54, 1.807) is 24.3 Å². The summed E-state index contributed by atoms with van der Waals surface area (Å²) in [5, 5.41) is 5.70. The van der Waals surface area contributed by atoms with Gasteiger partial charge in [0.2, 0.25) is 15.9 Å². The Hall–Kier alpha value is -2.71. The molecule has 2 amide bonds. The van der Waals surface area contributed by atoms with Gasteiger partial charge in [-0.3, -0.25) is 9.59 Å². The van der Waals surface area contributed by atoms with E-state index >= 15 is 0 Å². The second-order valence-corrected chi connectivity index (χ2v) is 10.1. The predicted octanol–water partition coefficient (Wildman–Crippen LogP) is 3.32. The average molecular weight is 458 g/mol. The number of carbonyl (C=O) groups excluding carboxylic acids is 2. The number of sulfonamides is 1. The van der Waals surface area contributed by atoms with Crippen LogP contribution >= 0.6 is 0 Å². The zero-order valence-electron chi connectivity index (χ0n) is 18.6. The second kappa shape index (κ2) is 10.7. The van der Waals surface area contributed by atoms with Crippen LogP contribution in [0.3, 0.4) is 0 Å². The maximum Gasteiger partial charge on any atom is 0.253 e. The Morgan fingerprint density at radius 1 is 1.03 bits per heavy atom. The van der Waals surface area contributed by atoms with E-state index in [4.69, 9.17) is 0 Å². The van der Waals surface area contributed by atoms with Crippen LogP contribution in [0, 0.1) is 12.8 Å². The molecule has 0 radical (unpaired) electrons. The van der Waals surface area contributed by atoms with Crippen molar-refractivity contribution in [2.75, 3.05) is 25.0 Å². The lowest BCUT2D eigenvalue weighted by atomic mass is 9.97. The molecule has 3 rings (SSSR count). The van der Waals surface area contributed by atoms with E-state index in [1.807, 2.05) is 38.1 Å². The normalized spacial score (nSPS) is 15.3. The first kappa shape index (κ1) is 23.9. The molecule has 0 spiro atoms. The minimum Gasteiger partial charge on any atom is -0.352 e. The van der Waals surface area contributed by atoms with E-state index in [-0.39, 0.29) is 23.5 Å². The molecule has 172 valence electrons. The number of hydrogen-bond acceptors (Lipinski definition) is 4. The topological polar surface area (TPSA) is 95.6 Å². The molecule has 0 bridgehead atoms. The number of hydrogen-bond donors (Lipinski definition) is 2. The highest BCUT2D eigenvalue weighted by Crippen LogP contribution is 2.24. The van der Waals surface area contributed by atoms with E-state index in [0.717, 1.165) is 17.5 Å². The van der Waals surface area contributed by atoms with Gasteiger partial charge in [-0.25, -0.2) is 12.7 Å². The van der Waals surface area contributed by atoms with Crippen LogP contribution in [0.25, 0.3) is 0 Å². The highest BCUT2D eigenvalue weighted by atomic mass is 32.2. The summed E-state index contributed by atoms with van der Waals surface area (Å²) < 4.78 is 27.2. The number of benzene rings is 2. The molecule has 2 N–H and O–H groups in total. The van der Waals surface area contributed by atoms with Gasteiger partial charge in [0.1, 0.15) is 0 Å². The van der Waals surface area contributed by atoms with E-state index in [9.17, 15) is 18.0 Å². The van der Waals surface area contributed by atoms with Gasteiger partial charge in [-0.15, -0.1) is 0 Å². The molecule has 1 fully saturated rings. The number of para-hydroxylation sites is 1. The van der Waals surface area contributed by atoms with Crippen LogP contribution in [-0.4, -0.2) is 44.2 Å². The molecule has 0 aliphatic carbocycles. The smallest absolute Gasteiger partial charge is 0.253 e. The number of rotatable bonds is 8. The van der Waals surface area contributed by atoms with Crippen LogP contribution in [0.5, 0.6) is 0 Å². The van der Waals surface area contributed by atoms with Crippen LogP contribution in [0.15, 0.2) is 48.5 Å². The van der Waals surface area contributed by atoms with Gasteiger partial charge in [0.25, 0.3) is 5.91 Å². The number of nitrogens with one attached hydrogen (secondary N) is 2. The van der Waals surface area contributed by atoms with Crippen LogP contribution in [-0.2, 0) is 20.6 Å². The number of amides is 2. The molecule has 0 unspecified atom stereocenters. The lowest BCUT2D eigenvalue weighted by molar-refractivity contribution is -0.120. The Morgan fingerprint density at radius 2 is 1.69 bits per heavy atom. The average Bonchev–Trinajstić information content (AvgIpc) is 2.79. The third-order valence-corrected chi connectivity index (χ3v) is 7.61. The standard InChI is InChI=1S/C24H31N3O4S/c1-3-14-25-24(29)21-10-6-7-11-22(21)26-23(28)19-12-15-27(16-13-19)32(30,31)17-20-9-5-4-8-18(20)2/h4-11,19H,3,12-17H2,1-2H3,(H,25,29)(H,26,28). The summed E-state index contributed by atoms with van der Waals surface area (Å²) in [5.41, 5.74) is 2.64. The van der Waals surface area contributed by atoms with E-state index in [1.165, 1.54) is 4.31 Å². The molecule has 2 aromatic rings. The highest BCUT2D eigenvalue weighted by molar-refractivity contribution is 7.88. The summed E-state index contributed by atoms with van der Waals surface area (Å²) in [4.78, 5) is 25.2. The summed E-state index contributed by atoms with van der Waals surface area (Å²) in [6.45, 7) is 5.07. The first-order chi connectivity index (χ1) is 15.3. The quantitative estimate of drug-likeness (QED) is 0.636. The minimum atomic E-state index is -3.45. The van der Waals surface area contributed by atoms with Gasteiger partial charge in [-0.2, -0.15) is 0 Å². The third-order valence-electron chi connectivity index (χ3n) is 5.78. The first-order valence-electron chi connectivity index (χ1n) is 11.0. The Morgan fingerprint density at radius 3 is 2.38 bits per heavy atom. The molecule has 8 heteroatoms. The molecular weight excluding hydrogens is 426 g/mol. The molecule has 0 atom stereocenters. The maximum atomic E-state index is 12.9. The lowest BCUT2D eigenvalue weighted by Gasteiger charge is -2.30. The zero-order valence-corrected chi connectivity index (χ0v) is 19.5. The molecule has 2 aromatic carbocycles. The highest BCUT2D eigenvalue weighted by Gasteiger charge is 2.31. The van der Waals surface area contributed by atoms with Gasteiger partial charge >= 0.3 is 0 Å². The number of carbonyl (C=O) groups is 2. The van der Waals surface area contributed by atoms with Crippen LogP contribution < -0.4 is 10.6 Å². The van der Waals surface area contributed by atoms with Crippen molar-refractivity contribution in [3.05, 3.63) is 65.2 Å². The van der Waals surface area contributed by atoms with Gasteiger partial charge in [-0.05, 0) is 49.4 Å². The van der Waals surface area contributed by atoms with Crippen LogP contribution in [0.4, 0.5) is 5.69 Å². The summed E-state index contributed by atoms with van der Waals surface area (Å²) >= 11 is 0. The lowest BCUT2D eigenvalue weighted by Crippen LogP contribution is -2.42. The summed E-state index contributed by atoms with van der Waals surface area (Å²) in [6, 6.07) is 14.4. The largest absolute Gasteiger partial charge is 0.352 e. The fraction of sp³-hybridized carbons (Fsp3) is 0.417. The molecule has 0 aromatic heterocycles. The third kappa shape index (κ3) is 5.95. The Labute approximate surface area is 190 Å². The van der Waals surface area contributed by atoms with Crippen molar-refractivity contribution < 1.29 is 18.0 Å². The number of aryl methyl sites for hydroxylation is 1. The van der Waals surface area contributed by atoms with E-state index < -0.39 is 10.0 Å². The van der Waals surface area contributed by atoms with Crippen molar-refractivity contribution >= 4 is 27.5 Å². The molecular formula is C24H31N3O4S. The van der Waals surface area contributed by atoms with Crippen molar-refractivity contribution in [1.82, 2.24) is 9.62 Å². The molecule has 1 aliphatic rings. The fourth-order valence-corrected chi connectivity index (χ4v) is 5.48. The minimum absolute atomic E-state index is 0.0310. The molecule has 32 heavy (non-hydrogen) atoms. The number of piperidine rings is 1. The Balaban J connectivity index is 1.59. The summed E-state index contributed by atoms with van der Waals surface area (Å²) in [5.74, 6) is -0.736. The van der Waals surface area contributed by atoms with E-state index in [2.05, 4.69) is 10.6 Å². The van der Waals surface area contributed by atoms with E-state index in [0.29, 0.717) is 43.7 Å². The van der Waals surface area contributed by atoms with Crippen LogP contribution in [0.1, 0.15) is 47.7 Å². The van der Waals surface area contributed by atoms with Gasteiger partial charge in [-0.1, -0.05) is 43.3 Å². The Bertz CT molecular complexity index is 1060. The first-order valence-corrected chi connectivity index (χ1v) is 12.6. The maximum absolute atomic E-state index is 12.9. The molecule has 7 nitrogen and oxygen atoms in total. The van der Waals surface area contributed by atoms with Crippen molar-refractivity contribution in [3.8, 4) is 0 Å². The number of anilines is 1.